The fourth-order valence-electron chi connectivity index (χ4n) is 2.10. The van der Waals surface area contributed by atoms with Gasteiger partial charge in [0, 0.05) is 12.2 Å². The molecule has 0 aromatic heterocycles. The van der Waals surface area contributed by atoms with E-state index >= 15 is 0 Å². The van der Waals surface area contributed by atoms with Gasteiger partial charge in [0.2, 0.25) is 5.91 Å². The van der Waals surface area contributed by atoms with Crippen molar-refractivity contribution >= 4 is 17.5 Å². The summed E-state index contributed by atoms with van der Waals surface area (Å²) in [4.78, 5) is 24.7. The Kier molecular flexibility index (Phi) is 3.32. The molecule has 18 heavy (non-hydrogen) atoms. The van der Waals surface area contributed by atoms with Crippen molar-refractivity contribution in [2.75, 3.05) is 11.9 Å². The fourth-order valence-corrected chi connectivity index (χ4v) is 2.10. The van der Waals surface area contributed by atoms with E-state index < -0.39 is 6.04 Å². The molecule has 1 aliphatic heterocycles. The lowest BCUT2D eigenvalue weighted by molar-refractivity contribution is -0.138. The summed E-state index contributed by atoms with van der Waals surface area (Å²) in [5.41, 5.74) is 1.39. The molecule has 1 aliphatic rings. The van der Waals surface area contributed by atoms with Crippen LogP contribution in [-0.2, 0) is 9.59 Å². The number of imide groups is 1. The maximum atomic E-state index is 13.0. The molecule has 0 aliphatic carbocycles. The van der Waals surface area contributed by atoms with Gasteiger partial charge in [-0.3, -0.25) is 14.5 Å². The highest BCUT2D eigenvalue weighted by molar-refractivity contribution is 6.06. The van der Waals surface area contributed by atoms with E-state index in [1.54, 1.807) is 19.9 Å². The molecule has 2 rings (SSSR count). The Hall–Kier alpha value is -1.91. The van der Waals surface area contributed by atoms with Gasteiger partial charge >= 0.3 is 0 Å². The summed E-state index contributed by atoms with van der Waals surface area (Å²) in [6, 6.07) is 3.76. The van der Waals surface area contributed by atoms with E-state index in [0.29, 0.717) is 17.8 Å². The van der Waals surface area contributed by atoms with Crippen LogP contribution in [0.5, 0.6) is 0 Å². The first kappa shape index (κ1) is 12.5. The average Bonchev–Trinajstić information content (AvgIpc) is 2.58. The molecule has 0 spiro atoms. The van der Waals surface area contributed by atoms with Gasteiger partial charge in [-0.15, -0.1) is 0 Å². The number of nitrogens with one attached hydrogen (secondary N) is 1. The Morgan fingerprint density at radius 2 is 2.17 bits per heavy atom. The molecule has 1 heterocycles. The lowest BCUT2D eigenvalue weighted by Gasteiger charge is -2.15. The van der Waals surface area contributed by atoms with Crippen LogP contribution in [0.3, 0.4) is 0 Å². The molecule has 1 fully saturated rings. The number of likely N-dealkylation sites (N-methyl/N-ethyl adjacent to an activating group) is 1. The van der Waals surface area contributed by atoms with Crippen LogP contribution in [0.1, 0.15) is 18.9 Å². The van der Waals surface area contributed by atoms with Crippen molar-refractivity contribution in [3.8, 4) is 0 Å². The zero-order valence-electron chi connectivity index (χ0n) is 10.4. The number of aryl methyl sites for hydroxylation is 1. The van der Waals surface area contributed by atoms with E-state index in [4.69, 9.17) is 0 Å². The predicted molar refractivity (Wildman–Crippen MR) is 65.6 cm³/mol. The molecule has 0 saturated carbocycles. The van der Waals surface area contributed by atoms with E-state index in [9.17, 15) is 14.0 Å². The summed E-state index contributed by atoms with van der Waals surface area (Å²) in [5, 5.41) is 3.00. The average molecular weight is 250 g/mol. The number of hydrogen-bond acceptors (Lipinski definition) is 3. The molecule has 2 amide bonds. The Morgan fingerprint density at radius 3 is 2.72 bits per heavy atom. The van der Waals surface area contributed by atoms with Crippen molar-refractivity contribution in [2.24, 2.45) is 0 Å². The number of amides is 2. The van der Waals surface area contributed by atoms with Crippen molar-refractivity contribution < 1.29 is 14.0 Å². The van der Waals surface area contributed by atoms with Crippen LogP contribution in [0.2, 0.25) is 0 Å². The van der Waals surface area contributed by atoms with Crippen LogP contribution in [0.15, 0.2) is 18.2 Å². The quantitative estimate of drug-likeness (QED) is 0.830. The predicted octanol–water partition coefficient (Wildman–Crippen LogP) is 1.69. The Morgan fingerprint density at radius 1 is 1.44 bits per heavy atom. The molecule has 96 valence electrons. The minimum atomic E-state index is -0.540. The number of likely N-dealkylation sites (tertiary alicyclic amines) is 1. The second kappa shape index (κ2) is 4.76. The first-order valence-corrected chi connectivity index (χ1v) is 5.89. The number of benzene rings is 1. The number of nitrogens with zero attached hydrogens (tertiary/aromatic N) is 1. The minimum Gasteiger partial charge on any atom is -0.373 e. The number of rotatable bonds is 3. The van der Waals surface area contributed by atoms with Crippen molar-refractivity contribution in [1.82, 2.24) is 4.90 Å². The zero-order chi connectivity index (χ0) is 13.3. The van der Waals surface area contributed by atoms with Crippen LogP contribution in [0.25, 0.3) is 0 Å². The standard InChI is InChI=1S/C13H15FN2O2/c1-3-16-12(17)7-11(13(16)18)15-10-5-4-9(14)6-8(10)2/h4-6,11,15H,3,7H2,1-2H3. The fraction of sp³-hybridized carbons (Fsp3) is 0.385. The first-order valence-electron chi connectivity index (χ1n) is 5.89. The third-order valence-corrected chi connectivity index (χ3v) is 3.08. The Bertz CT molecular complexity index is 502. The molecule has 1 saturated heterocycles. The third kappa shape index (κ3) is 2.20. The maximum Gasteiger partial charge on any atom is 0.252 e. The van der Waals surface area contributed by atoms with Gasteiger partial charge in [0.15, 0.2) is 0 Å². The molecule has 1 atom stereocenters. The second-order valence-corrected chi connectivity index (χ2v) is 4.34. The molecule has 1 aromatic rings. The van der Waals surface area contributed by atoms with Crippen LogP contribution in [0.4, 0.5) is 10.1 Å². The normalized spacial score (nSPS) is 19.5. The molecule has 0 radical (unpaired) electrons. The number of anilines is 1. The molecule has 4 nitrogen and oxygen atoms in total. The SMILES string of the molecule is CCN1C(=O)CC(Nc2ccc(F)cc2C)C1=O. The van der Waals surface area contributed by atoms with Gasteiger partial charge in [-0.25, -0.2) is 4.39 Å². The lowest BCUT2D eigenvalue weighted by atomic mass is 10.1. The van der Waals surface area contributed by atoms with E-state index in [2.05, 4.69) is 5.32 Å². The Balaban J connectivity index is 2.15. The number of hydrogen-bond donors (Lipinski definition) is 1. The molecule has 1 unspecified atom stereocenters. The summed E-state index contributed by atoms with van der Waals surface area (Å²) < 4.78 is 13.0. The third-order valence-electron chi connectivity index (χ3n) is 3.08. The Labute approximate surface area is 105 Å². The smallest absolute Gasteiger partial charge is 0.252 e. The summed E-state index contributed by atoms with van der Waals surface area (Å²) in [6.45, 7) is 3.91. The molecular weight excluding hydrogens is 235 g/mol. The van der Waals surface area contributed by atoms with Gasteiger partial charge in [-0.2, -0.15) is 0 Å². The summed E-state index contributed by atoms with van der Waals surface area (Å²) >= 11 is 0. The van der Waals surface area contributed by atoms with E-state index in [-0.39, 0.29) is 24.1 Å². The zero-order valence-corrected chi connectivity index (χ0v) is 10.4. The van der Waals surface area contributed by atoms with E-state index in [1.165, 1.54) is 17.0 Å². The van der Waals surface area contributed by atoms with Gasteiger partial charge in [0.25, 0.3) is 5.91 Å². The van der Waals surface area contributed by atoms with E-state index in [0.717, 1.165) is 0 Å². The highest BCUT2D eigenvalue weighted by Crippen LogP contribution is 2.21. The first-order chi connectivity index (χ1) is 8.52. The van der Waals surface area contributed by atoms with Crippen molar-refractivity contribution in [2.45, 2.75) is 26.3 Å². The molecule has 1 N–H and O–H groups in total. The molecule has 5 heteroatoms. The van der Waals surface area contributed by atoms with Gasteiger partial charge in [-0.1, -0.05) is 0 Å². The van der Waals surface area contributed by atoms with Crippen LogP contribution >= 0.6 is 0 Å². The van der Waals surface area contributed by atoms with Crippen molar-refractivity contribution in [3.63, 3.8) is 0 Å². The molecular formula is C13H15FN2O2. The topological polar surface area (TPSA) is 49.4 Å². The van der Waals surface area contributed by atoms with Gasteiger partial charge in [-0.05, 0) is 37.6 Å². The number of carbonyl (C=O) groups is 2. The van der Waals surface area contributed by atoms with Crippen LogP contribution in [-0.4, -0.2) is 29.3 Å². The summed E-state index contributed by atoms with van der Waals surface area (Å²) in [5.74, 6) is -0.701. The van der Waals surface area contributed by atoms with Crippen LogP contribution < -0.4 is 5.32 Å². The van der Waals surface area contributed by atoms with Crippen molar-refractivity contribution in [3.05, 3.63) is 29.6 Å². The van der Waals surface area contributed by atoms with Crippen LogP contribution in [0, 0.1) is 12.7 Å². The maximum absolute atomic E-state index is 13.0. The summed E-state index contributed by atoms with van der Waals surface area (Å²) in [7, 11) is 0. The summed E-state index contributed by atoms with van der Waals surface area (Å²) in [6.07, 6.45) is 0.156. The molecule has 0 bridgehead atoms. The number of halogens is 1. The molecule has 1 aromatic carbocycles. The minimum absolute atomic E-state index is 0.156. The second-order valence-electron chi connectivity index (χ2n) is 4.34. The largest absolute Gasteiger partial charge is 0.373 e. The lowest BCUT2D eigenvalue weighted by Crippen LogP contribution is -2.34. The van der Waals surface area contributed by atoms with Crippen molar-refractivity contribution in [1.29, 1.82) is 0 Å². The monoisotopic (exact) mass is 250 g/mol. The van der Waals surface area contributed by atoms with Gasteiger partial charge < -0.3 is 5.32 Å². The highest BCUT2D eigenvalue weighted by Gasteiger charge is 2.37. The highest BCUT2D eigenvalue weighted by atomic mass is 19.1. The van der Waals surface area contributed by atoms with Gasteiger partial charge in [0.05, 0.1) is 6.42 Å². The van der Waals surface area contributed by atoms with Gasteiger partial charge in [0.1, 0.15) is 11.9 Å². The number of carbonyl (C=O) groups excluding carboxylic acids is 2. The van der Waals surface area contributed by atoms with E-state index in [1.807, 2.05) is 0 Å².